The highest BCUT2D eigenvalue weighted by Gasteiger charge is 2.15. The summed E-state index contributed by atoms with van der Waals surface area (Å²) < 4.78 is 16.2. The van der Waals surface area contributed by atoms with Crippen molar-refractivity contribution in [3.05, 3.63) is 42.6 Å². The second-order valence-electron chi connectivity index (χ2n) is 4.81. The van der Waals surface area contributed by atoms with E-state index < -0.39 is 0 Å². The van der Waals surface area contributed by atoms with Gasteiger partial charge in [0, 0.05) is 18.4 Å². The molecule has 106 valence electrons. The van der Waals surface area contributed by atoms with Gasteiger partial charge in [0.2, 0.25) is 0 Å². The van der Waals surface area contributed by atoms with Crippen LogP contribution in [-0.4, -0.2) is 24.3 Å². The van der Waals surface area contributed by atoms with E-state index in [-0.39, 0.29) is 6.10 Å². The molecule has 20 heavy (non-hydrogen) atoms. The molecule has 0 aliphatic carbocycles. The summed E-state index contributed by atoms with van der Waals surface area (Å²) in [5.41, 5.74) is 1.87. The molecule has 1 aliphatic heterocycles. The number of hydrogen-bond acceptors (Lipinski definition) is 5. The number of nitrogens with one attached hydrogen (secondary N) is 1. The number of anilines is 1. The van der Waals surface area contributed by atoms with Gasteiger partial charge < -0.3 is 19.2 Å². The molecule has 0 amide bonds. The van der Waals surface area contributed by atoms with Crippen molar-refractivity contribution < 1.29 is 13.9 Å². The third kappa shape index (κ3) is 3.51. The number of hydrogen-bond donors (Lipinski definition) is 1. The van der Waals surface area contributed by atoms with Gasteiger partial charge in [0.15, 0.2) is 6.39 Å². The van der Waals surface area contributed by atoms with Crippen molar-refractivity contribution in [2.24, 2.45) is 0 Å². The number of nitrogens with zero attached hydrogens (tertiary/aromatic N) is 1. The van der Waals surface area contributed by atoms with E-state index in [2.05, 4.69) is 10.3 Å². The van der Waals surface area contributed by atoms with Crippen molar-refractivity contribution in [2.45, 2.75) is 25.5 Å². The number of aromatic nitrogens is 1. The lowest BCUT2D eigenvalue weighted by Gasteiger charge is -2.12. The third-order valence-corrected chi connectivity index (χ3v) is 3.25. The summed E-state index contributed by atoms with van der Waals surface area (Å²) in [7, 11) is 0. The zero-order chi connectivity index (χ0) is 13.6. The van der Waals surface area contributed by atoms with E-state index in [0.717, 1.165) is 36.6 Å². The van der Waals surface area contributed by atoms with Crippen molar-refractivity contribution in [3.8, 4) is 5.75 Å². The molecule has 1 saturated heterocycles. The van der Waals surface area contributed by atoms with Crippen LogP contribution in [0.3, 0.4) is 0 Å². The maximum absolute atomic E-state index is 5.77. The Morgan fingerprint density at radius 3 is 3.20 bits per heavy atom. The first kappa shape index (κ1) is 13.0. The monoisotopic (exact) mass is 274 g/mol. The van der Waals surface area contributed by atoms with Gasteiger partial charge in [0.1, 0.15) is 18.6 Å². The van der Waals surface area contributed by atoms with E-state index in [0.29, 0.717) is 13.2 Å². The zero-order valence-corrected chi connectivity index (χ0v) is 11.2. The molecule has 1 aliphatic rings. The summed E-state index contributed by atoms with van der Waals surface area (Å²) in [5, 5.41) is 3.28. The molecule has 5 nitrogen and oxygen atoms in total. The Labute approximate surface area is 117 Å². The average molecular weight is 274 g/mol. The van der Waals surface area contributed by atoms with Crippen LogP contribution in [0.1, 0.15) is 18.5 Å². The zero-order valence-electron chi connectivity index (χ0n) is 11.2. The number of ether oxygens (including phenoxy) is 2. The van der Waals surface area contributed by atoms with Gasteiger partial charge in [-0.3, -0.25) is 0 Å². The fourth-order valence-electron chi connectivity index (χ4n) is 2.18. The Balaban J connectivity index is 1.52. The van der Waals surface area contributed by atoms with Crippen LogP contribution in [-0.2, 0) is 11.3 Å². The van der Waals surface area contributed by atoms with Gasteiger partial charge in [-0.1, -0.05) is 6.07 Å². The second kappa shape index (κ2) is 6.43. The highest BCUT2D eigenvalue weighted by atomic mass is 16.5. The summed E-state index contributed by atoms with van der Waals surface area (Å²) in [6, 6.07) is 7.90. The van der Waals surface area contributed by atoms with Gasteiger partial charge in [-0.2, -0.15) is 0 Å². The van der Waals surface area contributed by atoms with Crippen molar-refractivity contribution in [3.63, 3.8) is 0 Å². The molecule has 2 heterocycles. The Morgan fingerprint density at radius 2 is 2.40 bits per heavy atom. The SMILES string of the molecule is c1cc(NCc2cocn2)cc(OCC2CCCO2)c1. The van der Waals surface area contributed by atoms with Gasteiger partial charge >= 0.3 is 0 Å². The van der Waals surface area contributed by atoms with Gasteiger partial charge in [0.05, 0.1) is 18.3 Å². The van der Waals surface area contributed by atoms with Crippen molar-refractivity contribution in [1.82, 2.24) is 4.98 Å². The lowest BCUT2D eigenvalue weighted by atomic mass is 10.2. The molecule has 0 radical (unpaired) electrons. The second-order valence-corrected chi connectivity index (χ2v) is 4.81. The minimum atomic E-state index is 0.238. The standard InChI is InChI=1S/C15H18N2O3/c1-3-12(16-8-13-9-18-11-17-13)7-14(4-1)20-10-15-5-2-6-19-15/h1,3-4,7,9,11,15-16H,2,5-6,8,10H2. The fraction of sp³-hybridized carbons (Fsp3) is 0.400. The minimum Gasteiger partial charge on any atom is -0.491 e. The molecule has 2 aromatic rings. The molecule has 3 rings (SSSR count). The molecule has 0 spiro atoms. The lowest BCUT2D eigenvalue weighted by molar-refractivity contribution is 0.0680. The maximum Gasteiger partial charge on any atom is 0.180 e. The van der Waals surface area contributed by atoms with E-state index in [1.807, 2.05) is 24.3 Å². The van der Waals surface area contributed by atoms with Crippen LogP contribution in [0.4, 0.5) is 5.69 Å². The average Bonchev–Trinajstić information content (AvgIpc) is 3.17. The molecular weight excluding hydrogens is 256 g/mol. The van der Waals surface area contributed by atoms with Crippen LogP contribution >= 0.6 is 0 Å². The smallest absolute Gasteiger partial charge is 0.180 e. The first-order valence-electron chi connectivity index (χ1n) is 6.85. The molecule has 1 fully saturated rings. The molecule has 0 bridgehead atoms. The number of oxazole rings is 1. The minimum absolute atomic E-state index is 0.238. The molecule has 0 saturated carbocycles. The lowest BCUT2D eigenvalue weighted by Crippen LogP contribution is -2.16. The topological polar surface area (TPSA) is 56.5 Å². The van der Waals surface area contributed by atoms with E-state index in [9.17, 15) is 0 Å². The molecule has 5 heteroatoms. The number of rotatable bonds is 6. The van der Waals surface area contributed by atoms with Crippen LogP contribution in [0.25, 0.3) is 0 Å². The van der Waals surface area contributed by atoms with Crippen LogP contribution in [0.15, 0.2) is 41.3 Å². The normalized spacial score (nSPS) is 18.1. The molecule has 1 aromatic carbocycles. The highest BCUT2D eigenvalue weighted by molar-refractivity contribution is 5.48. The van der Waals surface area contributed by atoms with Crippen LogP contribution in [0, 0.1) is 0 Å². The first-order chi connectivity index (χ1) is 9.90. The molecular formula is C15H18N2O3. The molecule has 1 N–H and O–H groups in total. The van der Waals surface area contributed by atoms with E-state index in [1.54, 1.807) is 6.26 Å². The van der Waals surface area contributed by atoms with Crippen molar-refractivity contribution >= 4 is 5.69 Å². The van der Waals surface area contributed by atoms with Crippen LogP contribution in [0.2, 0.25) is 0 Å². The molecule has 1 atom stereocenters. The van der Waals surface area contributed by atoms with Gasteiger partial charge in [0.25, 0.3) is 0 Å². The molecule has 1 aromatic heterocycles. The third-order valence-electron chi connectivity index (χ3n) is 3.25. The Morgan fingerprint density at radius 1 is 1.40 bits per heavy atom. The maximum atomic E-state index is 5.77. The quantitative estimate of drug-likeness (QED) is 0.877. The Kier molecular flexibility index (Phi) is 4.18. The van der Waals surface area contributed by atoms with Gasteiger partial charge in [-0.15, -0.1) is 0 Å². The largest absolute Gasteiger partial charge is 0.491 e. The summed E-state index contributed by atoms with van der Waals surface area (Å²) in [6.07, 6.45) is 5.52. The first-order valence-corrected chi connectivity index (χ1v) is 6.85. The summed E-state index contributed by atoms with van der Waals surface area (Å²) in [5.74, 6) is 0.852. The fourth-order valence-corrected chi connectivity index (χ4v) is 2.18. The van der Waals surface area contributed by atoms with E-state index >= 15 is 0 Å². The van der Waals surface area contributed by atoms with Crippen LogP contribution in [0.5, 0.6) is 5.75 Å². The van der Waals surface area contributed by atoms with E-state index in [4.69, 9.17) is 13.9 Å². The Hall–Kier alpha value is -2.01. The predicted octanol–water partition coefficient (Wildman–Crippen LogP) is 2.84. The van der Waals surface area contributed by atoms with E-state index in [1.165, 1.54) is 6.39 Å². The van der Waals surface area contributed by atoms with Crippen molar-refractivity contribution in [2.75, 3.05) is 18.5 Å². The number of benzene rings is 1. The summed E-state index contributed by atoms with van der Waals surface area (Å²) in [6.45, 7) is 2.10. The summed E-state index contributed by atoms with van der Waals surface area (Å²) >= 11 is 0. The predicted molar refractivity (Wildman–Crippen MR) is 74.7 cm³/mol. The van der Waals surface area contributed by atoms with Gasteiger partial charge in [-0.05, 0) is 25.0 Å². The Bertz CT molecular complexity index is 522. The molecule has 1 unspecified atom stereocenters. The highest BCUT2D eigenvalue weighted by Crippen LogP contribution is 2.20. The van der Waals surface area contributed by atoms with Gasteiger partial charge in [-0.25, -0.2) is 4.98 Å². The summed E-state index contributed by atoms with van der Waals surface area (Å²) in [4.78, 5) is 4.07. The van der Waals surface area contributed by atoms with Crippen molar-refractivity contribution in [1.29, 1.82) is 0 Å². The van der Waals surface area contributed by atoms with Crippen LogP contribution < -0.4 is 10.1 Å².